The molecule has 0 aliphatic carbocycles. The molecule has 3 aromatic rings. The van der Waals surface area contributed by atoms with Crippen molar-refractivity contribution in [3.8, 4) is 11.4 Å². The van der Waals surface area contributed by atoms with Crippen LogP contribution in [0.15, 0.2) is 30.6 Å². The fourth-order valence-electron chi connectivity index (χ4n) is 2.40. The summed E-state index contributed by atoms with van der Waals surface area (Å²) in [5.41, 5.74) is 8.82. The number of nitrogens with one attached hydrogen (secondary N) is 1. The van der Waals surface area contributed by atoms with Crippen LogP contribution >= 0.6 is 0 Å². The molecule has 0 aliphatic heterocycles. The summed E-state index contributed by atoms with van der Waals surface area (Å²) in [5, 5.41) is 12.2. The van der Waals surface area contributed by atoms with Crippen LogP contribution in [0.2, 0.25) is 0 Å². The second-order valence-electron chi connectivity index (χ2n) is 5.59. The number of imidazole rings is 1. The van der Waals surface area contributed by atoms with E-state index < -0.39 is 0 Å². The Bertz CT molecular complexity index is 827. The van der Waals surface area contributed by atoms with E-state index in [1.165, 1.54) is 0 Å². The van der Waals surface area contributed by atoms with Crippen LogP contribution < -0.4 is 11.1 Å². The third-order valence-corrected chi connectivity index (χ3v) is 3.53. The van der Waals surface area contributed by atoms with Crippen molar-refractivity contribution >= 4 is 22.7 Å². The van der Waals surface area contributed by atoms with Crippen molar-refractivity contribution in [1.29, 1.82) is 0 Å². The summed E-state index contributed by atoms with van der Waals surface area (Å²) in [6.07, 6.45) is 1.76. The minimum Gasteiger partial charge on any atom is -0.399 e. The smallest absolute Gasteiger partial charge is 0.166 e. The van der Waals surface area contributed by atoms with Gasteiger partial charge in [-0.1, -0.05) is 12.1 Å². The summed E-state index contributed by atoms with van der Waals surface area (Å²) in [4.78, 5) is 13.6. The van der Waals surface area contributed by atoms with Gasteiger partial charge in [0.15, 0.2) is 17.3 Å². The number of nitrogens with zero attached hydrogens (tertiary/aromatic N) is 4. The van der Waals surface area contributed by atoms with Gasteiger partial charge in [0.2, 0.25) is 0 Å². The molecule has 0 saturated carbocycles. The van der Waals surface area contributed by atoms with Gasteiger partial charge < -0.3 is 20.7 Å². The van der Waals surface area contributed by atoms with Crippen molar-refractivity contribution < 1.29 is 5.11 Å². The van der Waals surface area contributed by atoms with Crippen molar-refractivity contribution in [2.24, 2.45) is 0 Å². The SMILES string of the molecule is CC(C)n1cnc2c(NCCO)nc(-c3cccc(N)c3)nc21. The molecule has 1 aromatic carbocycles. The molecule has 7 heteroatoms. The van der Waals surface area contributed by atoms with Gasteiger partial charge in [0.05, 0.1) is 12.9 Å². The number of hydrogen-bond donors (Lipinski definition) is 3. The van der Waals surface area contributed by atoms with E-state index >= 15 is 0 Å². The first-order chi connectivity index (χ1) is 11.1. The van der Waals surface area contributed by atoms with Crippen LogP contribution in [-0.2, 0) is 0 Å². The number of benzene rings is 1. The molecular weight excluding hydrogens is 292 g/mol. The molecule has 4 N–H and O–H groups in total. The zero-order valence-corrected chi connectivity index (χ0v) is 13.2. The van der Waals surface area contributed by atoms with Crippen molar-refractivity contribution in [3.05, 3.63) is 30.6 Å². The normalized spacial score (nSPS) is 11.3. The maximum atomic E-state index is 9.07. The predicted molar refractivity (Wildman–Crippen MR) is 91.1 cm³/mol. The molecule has 0 spiro atoms. The molecule has 0 unspecified atom stereocenters. The van der Waals surface area contributed by atoms with E-state index in [0.29, 0.717) is 29.4 Å². The summed E-state index contributed by atoms with van der Waals surface area (Å²) >= 11 is 0. The van der Waals surface area contributed by atoms with Crippen LogP contribution in [0.3, 0.4) is 0 Å². The topological polar surface area (TPSA) is 102 Å². The zero-order chi connectivity index (χ0) is 16.4. The quantitative estimate of drug-likeness (QED) is 0.623. The summed E-state index contributed by atoms with van der Waals surface area (Å²) in [6, 6.07) is 7.69. The van der Waals surface area contributed by atoms with Gasteiger partial charge in [0, 0.05) is 23.8 Å². The molecule has 0 fully saturated rings. The molecule has 0 bridgehead atoms. The Morgan fingerprint density at radius 2 is 2.13 bits per heavy atom. The van der Waals surface area contributed by atoms with Crippen molar-refractivity contribution in [2.75, 3.05) is 24.2 Å². The Labute approximate surface area is 134 Å². The van der Waals surface area contributed by atoms with Crippen molar-refractivity contribution in [2.45, 2.75) is 19.9 Å². The third-order valence-electron chi connectivity index (χ3n) is 3.53. The van der Waals surface area contributed by atoms with Crippen LogP contribution in [0.25, 0.3) is 22.6 Å². The second-order valence-corrected chi connectivity index (χ2v) is 5.59. The Balaban J connectivity index is 2.19. The number of aromatic nitrogens is 4. The molecule has 2 heterocycles. The molecule has 23 heavy (non-hydrogen) atoms. The van der Waals surface area contributed by atoms with E-state index in [2.05, 4.69) is 34.1 Å². The van der Waals surface area contributed by atoms with E-state index in [0.717, 1.165) is 11.2 Å². The minimum atomic E-state index is 0.0179. The first kappa shape index (κ1) is 15.2. The molecule has 0 radical (unpaired) electrons. The number of nitrogens with two attached hydrogens (primary N) is 1. The predicted octanol–water partition coefficient (Wildman–Crippen LogP) is 2.06. The summed E-state index contributed by atoms with van der Waals surface area (Å²) in [5.74, 6) is 1.19. The lowest BCUT2D eigenvalue weighted by atomic mass is 10.2. The molecule has 0 atom stereocenters. The average molecular weight is 312 g/mol. The van der Waals surface area contributed by atoms with Crippen LogP contribution in [0.1, 0.15) is 19.9 Å². The van der Waals surface area contributed by atoms with Gasteiger partial charge in [0.1, 0.15) is 5.52 Å². The van der Waals surface area contributed by atoms with Gasteiger partial charge >= 0.3 is 0 Å². The lowest BCUT2D eigenvalue weighted by molar-refractivity contribution is 0.311. The molecule has 120 valence electrons. The van der Waals surface area contributed by atoms with E-state index in [-0.39, 0.29) is 12.6 Å². The highest BCUT2D eigenvalue weighted by Crippen LogP contribution is 2.26. The number of hydrogen-bond acceptors (Lipinski definition) is 6. The zero-order valence-electron chi connectivity index (χ0n) is 13.2. The molecule has 2 aromatic heterocycles. The highest BCUT2D eigenvalue weighted by molar-refractivity contribution is 5.85. The molecule has 0 amide bonds. The lowest BCUT2D eigenvalue weighted by Crippen LogP contribution is -2.09. The first-order valence-electron chi connectivity index (χ1n) is 7.55. The van der Waals surface area contributed by atoms with Gasteiger partial charge in [-0.2, -0.15) is 0 Å². The Kier molecular flexibility index (Phi) is 4.12. The third kappa shape index (κ3) is 2.95. The fourth-order valence-corrected chi connectivity index (χ4v) is 2.40. The van der Waals surface area contributed by atoms with Gasteiger partial charge in [0.25, 0.3) is 0 Å². The summed E-state index contributed by atoms with van der Waals surface area (Å²) in [6.45, 7) is 4.56. The molecule has 3 rings (SSSR count). The summed E-state index contributed by atoms with van der Waals surface area (Å²) in [7, 11) is 0. The lowest BCUT2D eigenvalue weighted by Gasteiger charge is -2.11. The maximum Gasteiger partial charge on any atom is 0.166 e. The highest BCUT2D eigenvalue weighted by atomic mass is 16.3. The van der Waals surface area contributed by atoms with Crippen LogP contribution in [-0.4, -0.2) is 37.8 Å². The van der Waals surface area contributed by atoms with E-state index in [9.17, 15) is 0 Å². The highest BCUT2D eigenvalue weighted by Gasteiger charge is 2.15. The average Bonchev–Trinajstić information content (AvgIpc) is 2.96. The molecule has 0 saturated heterocycles. The number of aliphatic hydroxyl groups is 1. The van der Waals surface area contributed by atoms with Crippen molar-refractivity contribution in [1.82, 2.24) is 19.5 Å². The van der Waals surface area contributed by atoms with E-state index in [1.807, 2.05) is 28.8 Å². The fraction of sp³-hybridized carbons (Fsp3) is 0.312. The molecular formula is C16H20N6O. The largest absolute Gasteiger partial charge is 0.399 e. The number of aliphatic hydroxyl groups excluding tert-OH is 1. The van der Waals surface area contributed by atoms with E-state index in [1.54, 1.807) is 6.33 Å². The number of fused-ring (bicyclic) bond motifs is 1. The standard InChI is InChI=1S/C16H20N6O/c1-10(2)22-9-19-13-15(18-6-7-23)20-14(21-16(13)22)11-4-3-5-12(17)8-11/h3-5,8-10,23H,6-7,17H2,1-2H3,(H,18,20,21). The molecule has 0 aliphatic rings. The van der Waals surface area contributed by atoms with Gasteiger partial charge in [-0.15, -0.1) is 0 Å². The Morgan fingerprint density at radius 1 is 1.30 bits per heavy atom. The Hall–Kier alpha value is -2.67. The maximum absolute atomic E-state index is 9.07. The Morgan fingerprint density at radius 3 is 2.83 bits per heavy atom. The van der Waals surface area contributed by atoms with Crippen LogP contribution in [0.4, 0.5) is 11.5 Å². The minimum absolute atomic E-state index is 0.0179. The van der Waals surface area contributed by atoms with Crippen LogP contribution in [0, 0.1) is 0 Å². The number of nitrogen functional groups attached to an aromatic ring is 1. The van der Waals surface area contributed by atoms with Gasteiger partial charge in [-0.3, -0.25) is 0 Å². The number of anilines is 2. The first-order valence-corrected chi connectivity index (χ1v) is 7.55. The van der Waals surface area contributed by atoms with Crippen molar-refractivity contribution in [3.63, 3.8) is 0 Å². The van der Waals surface area contributed by atoms with Gasteiger partial charge in [-0.25, -0.2) is 15.0 Å². The summed E-state index contributed by atoms with van der Waals surface area (Å²) < 4.78 is 2.00. The van der Waals surface area contributed by atoms with Gasteiger partial charge in [-0.05, 0) is 26.0 Å². The second kappa shape index (κ2) is 6.21. The van der Waals surface area contributed by atoms with Crippen LogP contribution in [0.5, 0.6) is 0 Å². The molecule has 7 nitrogen and oxygen atoms in total. The number of rotatable bonds is 5. The van der Waals surface area contributed by atoms with E-state index in [4.69, 9.17) is 10.8 Å². The monoisotopic (exact) mass is 312 g/mol.